The van der Waals surface area contributed by atoms with Crippen molar-refractivity contribution in [3.63, 3.8) is 0 Å². The Bertz CT molecular complexity index is 1400. The molecule has 0 aromatic heterocycles. The summed E-state index contributed by atoms with van der Waals surface area (Å²) in [5, 5.41) is 7.77. The summed E-state index contributed by atoms with van der Waals surface area (Å²) in [4.78, 5) is 51.3. The van der Waals surface area contributed by atoms with Gasteiger partial charge in [-0.3, -0.25) is 9.59 Å². The monoisotopic (exact) mass is 571 g/mol. The number of esters is 1. The summed E-state index contributed by atoms with van der Waals surface area (Å²) in [5.74, 6) is -1.90. The van der Waals surface area contributed by atoms with E-state index >= 15 is 0 Å². The average molecular weight is 572 g/mol. The molecule has 0 unspecified atom stereocenters. The van der Waals surface area contributed by atoms with Crippen molar-refractivity contribution in [2.75, 3.05) is 6.61 Å². The van der Waals surface area contributed by atoms with Crippen molar-refractivity contribution in [3.8, 4) is 11.1 Å². The third-order valence-corrected chi connectivity index (χ3v) is 6.89. The number of hydrogen-bond donors (Lipinski definition) is 3. The van der Waals surface area contributed by atoms with Crippen molar-refractivity contribution in [2.24, 2.45) is 0 Å². The van der Waals surface area contributed by atoms with E-state index in [4.69, 9.17) is 9.47 Å². The van der Waals surface area contributed by atoms with E-state index in [1.165, 1.54) is 13.8 Å². The molecule has 0 spiro atoms. The molecule has 9 nitrogen and oxygen atoms in total. The van der Waals surface area contributed by atoms with Crippen LogP contribution < -0.4 is 16.0 Å². The molecule has 0 fully saturated rings. The van der Waals surface area contributed by atoms with Gasteiger partial charge in [0.2, 0.25) is 11.8 Å². The SMILES string of the molecule is C[C@H](NC(=O)OCC1c2ccccc2-c2ccccc21)C(=O)N[C@@H](C)C(=O)N[C@H](C(=O)OC(C)(C)C)c1ccccc1. The molecule has 0 aliphatic heterocycles. The maximum Gasteiger partial charge on any atom is 0.407 e. The second kappa shape index (κ2) is 12.9. The van der Waals surface area contributed by atoms with Crippen molar-refractivity contribution in [1.82, 2.24) is 16.0 Å². The molecule has 42 heavy (non-hydrogen) atoms. The van der Waals surface area contributed by atoms with E-state index in [0.717, 1.165) is 22.3 Å². The van der Waals surface area contributed by atoms with Gasteiger partial charge in [-0.25, -0.2) is 9.59 Å². The first-order valence-electron chi connectivity index (χ1n) is 13.9. The first-order chi connectivity index (χ1) is 19.9. The molecule has 0 saturated heterocycles. The van der Waals surface area contributed by atoms with Gasteiger partial charge < -0.3 is 25.4 Å². The zero-order valence-electron chi connectivity index (χ0n) is 24.5. The first kappa shape index (κ1) is 30.3. The van der Waals surface area contributed by atoms with Crippen LogP contribution in [-0.4, -0.2) is 48.2 Å². The molecule has 3 aromatic carbocycles. The lowest BCUT2D eigenvalue weighted by molar-refractivity contribution is -0.159. The van der Waals surface area contributed by atoms with Crippen LogP contribution in [0.15, 0.2) is 78.9 Å². The van der Waals surface area contributed by atoms with Gasteiger partial charge in [0, 0.05) is 5.92 Å². The molecule has 3 N–H and O–H groups in total. The number of ether oxygens (including phenoxy) is 2. The van der Waals surface area contributed by atoms with Gasteiger partial charge in [0.25, 0.3) is 0 Å². The van der Waals surface area contributed by atoms with Crippen LogP contribution in [0.2, 0.25) is 0 Å². The van der Waals surface area contributed by atoms with Crippen LogP contribution in [-0.2, 0) is 23.9 Å². The fraction of sp³-hybridized carbons (Fsp3) is 0.333. The molecule has 3 aromatic rings. The summed E-state index contributed by atoms with van der Waals surface area (Å²) in [7, 11) is 0. The fourth-order valence-electron chi connectivity index (χ4n) is 4.84. The second-order valence-corrected chi connectivity index (χ2v) is 11.3. The first-order valence-corrected chi connectivity index (χ1v) is 13.9. The van der Waals surface area contributed by atoms with Crippen LogP contribution in [0.3, 0.4) is 0 Å². The predicted octanol–water partition coefficient (Wildman–Crippen LogP) is 4.62. The summed E-state index contributed by atoms with van der Waals surface area (Å²) in [5.41, 5.74) is 4.18. The lowest BCUT2D eigenvalue weighted by Gasteiger charge is -2.26. The number of hydrogen-bond acceptors (Lipinski definition) is 6. The fourth-order valence-corrected chi connectivity index (χ4v) is 4.84. The molecular weight excluding hydrogens is 534 g/mol. The molecule has 9 heteroatoms. The van der Waals surface area contributed by atoms with E-state index < -0.39 is 47.6 Å². The number of carbonyl (C=O) groups is 4. The van der Waals surface area contributed by atoms with E-state index in [0.29, 0.717) is 5.56 Å². The van der Waals surface area contributed by atoms with Crippen LogP contribution in [0.1, 0.15) is 63.3 Å². The third kappa shape index (κ3) is 7.34. The van der Waals surface area contributed by atoms with Crippen molar-refractivity contribution in [3.05, 3.63) is 95.6 Å². The number of carbonyl (C=O) groups excluding carboxylic acids is 4. The van der Waals surface area contributed by atoms with E-state index in [2.05, 4.69) is 16.0 Å². The minimum Gasteiger partial charge on any atom is -0.458 e. The van der Waals surface area contributed by atoms with Crippen LogP contribution in [0.4, 0.5) is 4.79 Å². The molecular formula is C33H37N3O6. The topological polar surface area (TPSA) is 123 Å². The summed E-state index contributed by atoms with van der Waals surface area (Å²) >= 11 is 0. The van der Waals surface area contributed by atoms with Crippen LogP contribution in [0.5, 0.6) is 0 Å². The highest BCUT2D eigenvalue weighted by Crippen LogP contribution is 2.44. The van der Waals surface area contributed by atoms with E-state index in [9.17, 15) is 19.2 Å². The lowest BCUT2D eigenvalue weighted by atomic mass is 9.98. The lowest BCUT2D eigenvalue weighted by Crippen LogP contribution is -2.52. The molecule has 3 amide bonds. The maximum absolute atomic E-state index is 13.0. The van der Waals surface area contributed by atoms with Gasteiger partial charge in [-0.05, 0) is 62.4 Å². The van der Waals surface area contributed by atoms with Gasteiger partial charge in [-0.2, -0.15) is 0 Å². The smallest absolute Gasteiger partial charge is 0.407 e. The highest BCUT2D eigenvalue weighted by atomic mass is 16.6. The normalized spacial score (nSPS) is 14.4. The van der Waals surface area contributed by atoms with E-state index in [1.54, 1.807) is 51.1 Å². The van der Waals surface area contributed by atoms with Gasteiger partial charge in [0.1, 0.15) is 24.3 Å². The second-order valence-electron chi connectivity index (χ2n) is 11.3. The highest BCUT2D eigenvalue weighted by Gasteiger charge is 2.31. The standard InChI is InChI=1S/C33H37N3O6/c1-20(30(38)36-28(22-13-7-6-8-14-22)31(39)42-33(3,4)5)34-29(37)21(2)35-32(40)41-19-27-25-17-11-9-15-23(25)24-16-10-12-18-26(24)27/h6-18,20-21,27-28H,19H2,1-5H3,(H,34,37)(H,35,40)(H,36,38)/t20-,21-,28-/m0/s1. The average Bonchev–Trinajstić information content (AvgIpc) is 3.27. The molecule has 1 aliphatic carbocycles. The minimum atomic E-state index is -1.06. The third-order valence-electron chi connectivity index (χ3n) is 6.89. The summed E-state index contributed by atoms with van der Waals surface area (Å²) in [6, 6.07) is 21.7. The van der Waals surface area contributed by atoms with Gasteiger partial charge in [0.05, 0.1) is 0 Å². The molecule has 3 atom stereocenters. The molecule has 0 radical (unpaired) electrons. The molecule has 220 valence electrons. The molecule has 0 saturated carbocycles. The van der Waals surface area contributed by atoms with Crippen LogP contribution >= 0.6 is 0 Å². The number of rotatable bonds is 9. The Kier molecular flexibility index (Phi) is 9.30. The zero-order chi connectivity index (χ0) is 30.4. The van der Waals surface area contributed by atoms with Crippen LogP contribution in [0, 0.1) is 0 Å². The minimum absolute atomic E-state index is 0.110. The number of amides is 3. The van der Waals surface area contributed by atoms with Gasteiger partial charge in [0.15, 0.2) is 6.04 Å². The number of fused-ring (bicyclic) bond motifs is 3. The van der Waals surface area contributed by atoms with E-state index in [-0.39, 0.29) is 12.5 Å². The Morgan fingerprint density at radius 1 is 0.714 bits per heavy atom. The Balaban J connectivity index is 1.31. The van der Waals surface area contributed by atoms with Gasteiger partial charge >= 0.3 is 12.1 Å². The van der Waals surface area contributed by atoms with Gasteiger partial charge in [-0.15, -0.1) is 0 Å². The summed E-state index contributed by atoms with van der Waals surface area (Å²) in [6.07, 6.45) is -0.745. The maximum atomic E-state index is 13.0. The molecule has 1 aliphatic rings. The summed E-state index contributed by atoms with van der Waals surface area (Å²) < 4.78 is 11.0. The number of benzene rings is 3. The molecule has 0 bridgehead atoms. The van der Waals surface area contributed by atoms with Crippen molar-refractivity contribution >= 4 is 23.9 Å². The number of nitrogens with one attached hydrogen (secondary N) is 3. The Hall–Kier alpha value is -4.66. The largest absolute Gasteiger partial charge is 0.458 e. The Morgan fingerprint density at radius 3 is 1.79 bits per heavy atom. The predicted molar refractivity (Wildman–Crippen MR) is 158 cm³/mol. The van der Waals surface area contributed by atoms with E-state index in [1.807, 2.05) is 48.5 Å². The molecule has 4 rings (SSSR count). The zero-order valence-corrected chi connectivity index (χ0v) is 24.5. The highest BCUT2D eigenvalue weighted by molar-refractivity contribution is 5.93. The van der Waals surface area contributed by atoms with Crippen molar-refractivity contribution in [2.45, 2.75) is 64.3 Å². The molecule has 0 heterocycles. The van der Waals surface area contributed by atoms with Crippen LogP contribution in [0.25, 0.3) is 11.1 Å². The van der Waals surface area contributed by atoms with Gasteiger partial charge in [-0.1, -0.05) is 78.9 Å². The Labute approximate surface area is 246 Å². The Morgan fingerprint density at radius 2 is 1.21 bits per heavy atom. The number of alkyl carbamates (subject to hydrolysis) is 1. The summed E-state index contributed by atoms with van der Waals surface area (Å²) in [6.45, 7) is 8.31. The quantitative estimate of drug-likeness (QED) is 0.322. The van der Waals surface area contributed by atoms with Crippen molar-refractivity contribution in [1.29, 1.82) is 0 Å². The van der Waals surface area contributed by atoms with Crippen molar-refractivity contribution < 1.29 is 28.7 Å².